The molecule has 7 aromatic rings. The molecule has 0 spiro atoms. The van der Waals surface area contributed by atoms with Gasteiger partial charge in [0.1, 0.15) is 23.0 Å². The van der Waals surface area contributed by atoms with Crippen molar-refractivity contribution in [2.24, 2.45) is 0 Å². The van der Waals surface area contributed by atoms with Gasteiger partial charge in [-0.2, -0.15) is 0 Å². The number of hydrogen-bond donors (Lipinski definition) is 4. The molecule has 0 aliphatic heterocycles. The van der Waals surface area contributed by atoms with Crippen LogP contribution in [-0.4, -0.2) is 20.4 Å². The fourth-order valence-electron chi connectivity index (χ4n) is 9.18. The first kappa shape index (κ1) is 42.8. The van der Waals surface area contributed by atoms with Crippen LogP contribution in [0.5, 0.6) is 23.0 Å². The van der Waals surface area contributed by atoms with E-state index in [2.05, 4.69) is 107 Å². The van der Waals surface area contributed by atoms with Gasteiger partial charge in [0.15, 0.2) is 0 Å². The summed E-state index contributed by atoms with van der Waals surface area (Å²) in [4.78, 5) is 0. The van der Waals surface area contributed by atoms with Gasteiger partial charge in [0, 0.05) is 22.6 Å². The number of rotatable bonds is 17. The highest BCUT2D eigenvalue weighted by Crippen LogP contribution is 2.46. The van der Waals surface area contributed by atoms with Gasteiger partial charge in [-0.15, -0.1) is 0 Å². The zero-order chi connectivity index (χ0) is 42.9. The minimum absolute atomic E-state index is 0.117. The molecule has 3 atom stereocenters. The van der Waals surface area contributed by atoms with Gasteiger partial charge in [0.2, 0.25) is 0 Å². The Morgan fingerprint density at radius 1 is 0.426 bits per heavy atom. The highest BCUT2D eigenvalue weighted by atomic mass is 16.3. The Bertz CT molecular complexity index is 2540. The number of phenolic OH excluding ortho intramolecular Hbond substituents is 4. The SMILES string of the molecule is CCCc1ccc(C(c2ccccc2)c2cc(CCC)ccc2O)c(-c2cccc(CC(CC)c3cccc(-c4cccc(CC(CC)c5ccc(O)cc5)c4O)c3)c2O)c1. The first-order valence-electron chi connectivity index (χ1n) is 22.2. The van der Waals surface area contributed by atoms with Crippen molar-refractivity contribution in [3.63, 3.8) is 0 Å². The molecule has 4 nitrogen and oxygen atoms in total. The Morgan fingerprint density at radius 3 is 1.66 bits per heavy atom. The summed E-state index contributed by atoms with van der Waals surface area (Å²) in [7, 11) is 0. The van der Waals surface area contributed by atoms with E-state index < -0.39 is 0 Å². The third-order valence-electron chi connectivity index (χ3n) is 12.5. The van der Waals surface area contributed by atoms with Crippen LogP contribution in [0.2, 0.25) is 0 Å². The van der Waals surface area contributed by atoms with Crippen LogP contribution in [0.25, 0.3) is 22.3 Å². The molecule has 7 aromatic carbocycles. The van der Waals surface area contributed by atoms with E-state index in [1.54, 1.807) is 12.1 Å². The van der Waals surface area contributed by atoms with Crippen LogP contribution in [0, 0.1) is 0 Å². The lowest BCUT2D eigenvalue weighted by Gasteiger charge is -2.25. The standard InChI is InChI=1S/C57H60O4/c1-5-15-38-25-31-50(55(43-17-10-9-11-18-43)53-34-39(16-6-2)26-32-54(53)59)52(33-38)51-24-14-22-47(57(51)61)36-41(8-4)44-19-12-20-45(37-44)49-23-13-21-46(56(49)60)35-40(7-3)42-27-29-48(58)30-28-42/h9-14,17-34,37,40-41,55,58-61H,5-8,15-16,35-36H2,1-4H3. The van der Waals surface area contributed by atoms with Crippen LogP contribution in [0.15, 0.2) is 152 Å². The minimum atomic E-state index is -0.256. The van der Waals surface area contributed by atoms with Crippen molar-refractivity contribution >= 4 is 0 Å². The van der Waals surface area contributed by atoms with Crippen LogP contribution in [0.3, 0.4) is 0 Å². The van der Waals surface area contributed by atoms with Crippen molar-refractivity contribution in [3.8, 4) is 45.3 Å². The molecule has 0 heterocycles. The Hall–Kier alpha value is -6.26. The monoisotopic (exact) mass is 808 g/mol. The van der Waals surface area contributed by atoms with Gasteiger partial charge in [-0.1, -0.05) is 174 Å². The predicted octanol–water partition coefficient (Wildman–Crippen LogP) is 14.4. The lowest BCUT2D eigenvalue weighted by atomic mass is 9.79. The molecule has 0 radical (unpaired) electrons. The molecule has 312 valence electrons. The third kappa shape index (κ3) is 9.71. The second-order valence-corrected chi connectivity index (χ2v) is 16.6. The molecule has 4 N–H and O–H groups in total. The highest BCUT2D eigenvalue weighted by molar-refractivity contribution is 5.78. The number of hydrogen-bond acceptors (Lipinski definition) is 4. The summed E-state index contributed by atoms with van der Waals surface area (Å²) in [6.07, 6.45) is 6.97. The first-order valence-corrected chi connectivity index (χ1v) is 22.2. The number of aromatic hydroxyl groups is 4. The topological polar surface area (TPSA) is 80.9 Å². The number of benzene rings is 7. The molecule has 7 rings (SSSR count). The summed E-state index contributed by atoms with van der Waals surface area (Å²) in [6, 6.07) is 51.1. The molecule has 3 unspecified atom stereocenters. The Morgan fingerprint density at radius 2 is 1.00 bits per heavy atom. The molecule has 0 aromatic heterocycles. The van der Waals surface area contributed by atoms with E-state index in [0.717, 1.165) is 99.7 Å². The zero-order valence-electron chi connectivity index (χ0n) is 36.1. The summed E-state index contributed by atoms with van der Waals surface area (Å²) in [6.45, 7) is 8.72. The van der Waals surface area contributed by atoms with Gasteiger partial charge in [-0.05, 0) is 124 Å². The largest absolute Gasteiger partial charge is 0.508 e. The molecule has 4 heteroatoms. The zero-order valence-corrected chi connectivity index (χ0v) is 36.1. The average Bonchev–Trinajstić information content (AvgIpc) is 3.28. The molecule has 0 saturated carbocycles. The lowest BCUT2D eigenvalue weighted by Crippen LogP contribution is -2.08. The summed E-state index contributed by atoms with van der Waals surface area (Å²) in [5.41, 5.74) is 13.0. The Balaban J connectivity index is 1.24. The van der Waals surface area contributed by atoms with Crippen molar-refractivity contribution in [3.05, 3.63) is 202 Å². The summed E-state index contributed by atoms with van der Waals surface area (Å²) < 4.78 is 0. The van der Waals surface area contributed by atoms with Crippen LogP contribution in [0.4, 0.5) is 0 Å². The predicted molar refractivity (Wildman–Crippen MR) is 252 cm³/mol. The quantitative estimate of drug-likeness (QED) is 0.0691. The maximum absolute atomic E-state index is 12.4. The third-order valence-corrected chi connectivity index (χ3v) is 12.5. The fraction of sp³-hybridized carbons (Fsp3) is 0.263. The fourth-order valence-corrected chi connectivity index (χ4v) is 9.18. The van der Waals surface area contributed by atoms with Crippen molar-refractivity contribution in [2.45, 2.75) is 96.8 Å². The summed E-state index contributed by atoms with van der Waals surface area (Å²) in [5, 5.41) is 45.4. The minimum Gasteiger partial charge on any atom is -0.508 e. The maximum atomic E-state index is 12.4. The van der Waals surface area contributed by atoms with Crippen LogP contribution in [-0.2, 0) is 25.7 Å². The number of phenols is 4. The normalized spacial score (nSPS) is 12.9. The molecule has 0 aliphatic carbocycles. The van der Waals surface area contributed by atoms with E-state index in [0.29, 0.717) is 18.6 Å². The van der Waals surface area contributed by atoms with Crippen LogP contribution < -0.4 is 0 Å². The van der Waals surface area contributed by atoms with Gasteiger partial charge in [-0.3, -0.25) is 0 Å². The van der Waals surface area contributed by atoms with E-state index in [9.17, 15) is 20.4 Å². The van der Waals surface area contributed by atoms with Gasteiger partial charge < -0.3 is 20.4 Å². The van der Waals surface area contributed by atoms with E-state index >= 15 is 0 Å². The smallest absolute Gasteiger partial charge is 0.126 e. The molecule has 0 bridgehead atoms. The summed E-state index contributed by atoms with van der Waals surface area (Å²) in [5.74, 6) is 1.17. The van der Waals surface area contributed by atoms with Crippen molar-refractivity contribution in [1.82, 2.24) is 0 Å². The summed E-state index contributed by atoms with van der Waals surface area (Å²) >= 11 is 0. The molecular formula is C57H60O4. The van der Waals surface area contributed by atoms with Gasteiger partial charge >= 0.3 is 0 Å². The maximum Gasteiger partial charge on any atom is 0.126 e. The van der Waals surface area contributed by atoms with Gasteiger partial charge in [-0.25, -0.2) is 0 Å². The molecule has 0 aliphatic rings. The van der Waals surface area contributed by atoms with Crippen LogP contribution in [0.1, 0.15) is 121 Å². The Labute approximate surface area is 362 Å². The molecule has 0 saturated heterocycles. The van der Waals surface area contributed by atoms with Crippen molar-refractivity contribution < 1.29 is 20.4 Å². The van der Waals surface area contributed by atoms with Crippen LogP contribution >= 0.6 is 0 Å². The molecule has 0 amide bonds. The highest BCUT2D eigenvalue weighted by Gasteiger charge is 2.26. The second kappa shape index (κ2) is 19.9. The lowest BCUT2D eigenvalue weighted by molar-refractivity contribution is 0.465. The van der Waals surface area contributed by atoms with Crippen molar-refractivity contribution in [1.29, 1.82) is 0 Å². The average molecular weight is 809 g/mol. The van der Waals surface area contributed by atoms with Gasteiger partial charge in [0.25, 0.3) is 0 Å². The van der Waals surface area contributed by atoms with Crippen molar-refractivity contribution in [2.75, 3.05) is 0 Å². The van der Waals surface area contributed by atoms with E-state index in [4.69, 9.17) is 0 Å². The first-order chi connectivity index (χ1) is 29.7. The number of para-hydroxylation sites is 2. The molecular weight excluding hydrogens is 749 g/mol. The van der Waals surface area contributed by atoms with E-state index in [1.165, 1.54) is 11.1 Å². The van der Waals surface area contributed by atoms with Gasteiger partial charge in [0.05, 0.1) is 0 Å². The second-order valence-electron chi connectivity index (χ2n) is 16.6. The van der Waals surface area contributed by atoms with E-state index in [1.807, 2.05) is 60.7 Å². The molecule has 0 fully saturated rings. The molecule has 61 heavy (non-hydrogen) atoms. The Kier molecular flexibility index (Phi) is 14.0. The number of aryl methyl sites for hydroxylation is 2. The van der Waals surface area contributed by atoms with E-state index in [-0.39, 0.29) is 35.0 Å².